The number of esters is 1. The van der Waals surface area contributed by atoms with Crippen molar-refractivity contribution in [3.05, 3.63) is 59.7 Å². The number of benzene rings is 2. The van der Waals surface area contributed by atoms with Crippen LogP contribution >= 0.6 is 0 Å². The summed E-state index contributed by atoms with van der Waals surface area (Å²) in [5.41, 5.74) is 1.88. The first-order valence-electron chi connectivity index (χ1n) is 7.35. The molecule has 5 nitrogen and oxygen atoms in total. The fourth-order valence-electron chi connectivity index (χ4n) is 2.05. The highest BCUT2D eigenvalue weighted by Gasteiger charge is 2.15. The highest BCUT2D eigenvalue weighted by Crippen LogP contribution is 2.18. The Morgan fingerprint density at radius 3 is 2.39 bits per heavy atom. The molecule has 122 valence electrons. The van der Waals surface area contributed by atoms with Gasteiger partial charge in [-0.05, 0) is 55.3 Å². The second-order valence-corrected chi connectivity index (χ2v) is 6.59. The molecule has 0 radical (unpaired) electrons. The minimum atomic E-state index is -3.70. The summed E-state index contributed by atoms with van der Waals surface area (Å²) in [5.74, 6) is -0.472. The quantitative estimate of drug-likeness (QED) is 0.824. The average molecular weight is 333 g/mol. The Labute approximate surface area is 136 Å². The van der Waals surface area contributed by atoms with Gasteiger partial charge in [-0.25, -0.2) is 13.2 Å². The zero-order valence-electron chi connectivity index (χ0n) is 13.1. The Kier molecular flexibility index (Phi) is 5.39. The lowest BCUT2D eigenvalue weighted by atomic mass is 10.1. The molecule has 0 aliphatic heterocycles. The van der Waals surface area contributed by atoms with Crippen molar-refractivity contribution in [3.63, 3.8) is 0 Å². The van der Waals surface area contributed by atoms with E-state index in [2.05, 4.69) is 4.72 Å². The normalized spacial score (nSPS) is 11.0. The minimum Gasteiger partial charge on any atom is -0.462 e. The fourth-order valence-corrected chi connectivity index (χ4v) is 3.10. The summed E-state index contributed by atoms with van der Waals surface area (Å²) in [6, 6.07) is 12.9. The van der Waals surface area contributed by atoms with E-state index in [1.54, 1.807) is 25.1 Å². The maximum Gasteiger partial charge on any atom is 0.338 e. The summed E-state index contributed by atoms with van der Waals surface area (Å²) in [5, 5.41) is 0. The first-order chi connectivity index (χ1) is 11.0. The fraction of sp³-hybridized carbons (Fsp3) is 0.235. The third kappa shape index (κ3) is 4.32. The van der Waals surface area contributed by atoms with E-state index in [0.29, 0.717) is 11.3 Å². The average Bonchev–Trinajstić information content (AvgIpc) is 2.55. The topological polar surface area (TPSA) is 72.5 Å². The standard InChI is InChI=1S/C17H19NO4S/c1-3-13-6-5-7-15(12-13)18-23(20,21)16-10-8-14(9-11-16)17(19)22-4-2/h5-12,18H,3-4H2,1-2H3. The van der Waals surface area contributed by atoms with Crippen LogP contribution in [0.15, 0.2) is 53.4 Å². The van der Waals surface area contributed by atoms with Gasteiger partial charge in [0.1, 0.15) is 0 Å². The Balaban J connectivity index is 2.20. The Bertz CT molecular complexity index is 782. The molecular weight excluding hydrogens is 314 g/mol. The maximum atomic E-state index is 12.4. The number of carbonyl (C=O) groups excluding carboxylic acids is 1. The molecule has 0 saturated carbocycles. The molecule has 0 bridgehead atoms. The van der Waals surface area contributed by atoms with Crippen molar-refractivity contribution in [2.45, 2.75) is 25.2 Å². The van der Waals surface area contributed by atoms with Crippen LogP contribution in [0.5, 0.6) is 0 Å². The molecule has 0 atom stereocenters. The molecule has 0 aliphatic rings. The molecule has 2 rings (SSSR count). The van der Waals surface area contributed by atoms with Gasteiger partial charge in [-0.1, -0.05) is 19.1 Å². The smallest absolute Gasteiger partial charge is 0.338 e. The van der Waals surface area contributed by atoms with Crippen LogP contribution < -0.4 is 4.72 Å². The number of aryl methyl sites for hydroxylation is 1. The Hall–Kier alpha value is -2.34. The van der Waals surface area contributed by atoms with Gasteiger partial charge in [0.2, 0.25) is 0 Å². The van der Waals surface area contributed by atoms with Gasteiger partial charge >= 0.3 is 5.97 Å². The molecule has 0 spiro atoms. The van der Waals surface area contributed by atoms with Gasteiger partial charge in [0.05, 0.1) is 17.1 Å². The molecule has 2 aromatic carbocycles. The second-order valence-electron chi connectivity index (χ2n) is 4.90. The zero-order chi connectivity index (χ0) is 16.9. The number of anilines is 1. The van der Waals surface area contributed by atoms with Gasteiger partial charge in [-0.3, -0.25) is 4.72 Å². The highest BCUT2D eigenvalue weighted by atomic mass is 32.2. The van der Waals surface area contributed by atoms with E-state index in [4.69, 9.17) is 4.74 Å². The summed E-state index contributed by atoms with van der Waals surface area (Å²) in [7, 11) is -3.70. The molecule has 0 saturated heterocycles. The van der Waals surface area contributed by atoms with Gasteiger partial charge in [0.15, 0.2) is 0 Å². The first-order valence-corrected chi connectivity index (χ1v) is 8.83. The van der Waals surface area contributed by atoms with Crippen molar-refractivity contribution in [2.75, 3.05) is 11.3 Å². The number of rotatable bonds is 6. The summed E-state index contributed by atoms with van der Waals surface area (Å²) in [6.45, 7) is 3.99. The molecule has 23 heavy (non-hydrogen) atoms. The van der Waals surface area contributed by atoms with Crippen LogP contribution in [-0.4, -0.2) is 21.0 Å². The summed E-state index contributed by atoms with van der Waals surface area (Å²) in [4.78, 5) is 11.7. The van der Waals surface area contributed by atoms with E-state index >= 15 is 0 Å². The van der Waals surface area contributed by atoms with Crippen LogP contribution in [0, 0.1) is 0 Å². The molecule has 0 heterocycles. The van der Waals surface area contributed by atoms with Gasteiger partial charge in [0.25, 0.3) is 10.0 Å². The van der Waals surface area contributed by atoms with Crippen LogP contribution in [-0.2, 0) is 21.2 Å². The molecular formula is C17H19NO4S. The summed E-state index contributed by atoms with van der Waals surface area (Å²) >= 11 is 0. The van der Waals surface area contributed by atoms with Crippen molar-refractivity contribution in [1.82, 2.24) is 0 Å². The van der Waals surface area contributed by atoms with Gasteiger partial charge in [-0.15, -0.1) is 0 Å². The van der Waals surface area contributed by atoms with Crippen LogP contribution in [0.4, 0.5) is 5.69 Å². The van der Waals surface area contributed by atoms with Gasteiger partial charge in [-0.2, -0.15) is 0 Å². The van der Waals surface area contributed by atoms with Gasteiger partial charge < -0.3 is 4.74 Å². The van der Waals surface area contributed by atoms with Crippen molar-refractivity contribution in [1.29, 1.82) is 0 Å². The van der Waals surface area contributed by atoms with Crippen LogP contribution in [0.2, 0.25) is 0 Å². The Morgan fingerprint density at radius 2 is 1.78 bits per heavy atom. The number of nitrogens with one attached hydrogen (secondary N) is 1. The predicted molar refractivity (Wildman–Crippen MR) is 89.0 cm³/mol. The largest absolute Gasteiger partial charge is 0.462 e. The van der Waals surface area contributed by atoms with Crippen LogP contribution in [0.3, 0.4) is 0 Å². The highest BCUT2D eigenvalue weighted by molar-refractivity contribution is 7.92. The first kappa shape index (κ1) is 17.0. The molecule has 0 amide bonds. The monoisotopic (exact) mass is 333 g/mol. The summed E-state index contributed by atoms with van der Waals surface area (Å²) < 4.78 is 32.2. The van der Waals surface area contributed by atoms with Gasteiger partial charge in [0, 0.05) is 5.69 Å². The van der Waals surface area contributed by atoms with E-state index in [0.717, 1.165) is 12.0 Å². The SMILES string of the molecule is CCOC(=O)c1ccc(S(=O)(=O)Nc2cccc(CC)c2)cc1. The molecule has 0 aliphatic carbocycles. The van der Waals surface area contributed by atoms with Crippen LogP contribution in [0.1, 0.15) is 29.8 Å². The van der Waals surface area contributed by atoms with E-state index in [1.807, 2.05) is 13.0 Å². The van der Waals surface area contributed by atoms with Crippen molar-refractivity contribution < 1.29 is 17.9 Å². The number of hydrogen-bond acceptors (Lipinski definition) is 4. The number of carbonyl (C=O) groups is 1. The van der Waals surface area contributed by atoms with E-state index < -0.39 is 16.0 Å². The molecule has 0 aromatic heterocycles. The van der Waals surface area contributed by atoms with E-state index in [9.17, 15) is 13.2 Å². The number of ether oxygens (including phenoxy) is 1. The molecule has 0 unspecified atom stereocenters. The molecule has 6 heteroatoms. The molecule has 0 fully saturated rings. The third-order valence-electron chi connectivity index (χ3n) is 3.26. The third-order valence-corrected chi connectivity index (χ3v) is 4.66. The Morgan fingerprint density at radius 1 is 1.09 bits per heavy atom. The van der Waals surface area contributed by atoms with Crippen molar-refractivity contribution >= 4 is 21.7 Å². The number of hydrogen-bond donors (Lipinski definition) is 1. The van der Waals surface area contributed by atoms with Crippen molar-refractivity contribution in [2.24, 2.45) is 0 Å². The second kappa shape index (κ2) is 7.28. The lowest BCUT2D eigenvalue weighted by Gasteiger charge is -2.09. The zero-order valence-corrected chi connectivity index (χ0v) is 13.9. The number of sulfonamides is 1. The van der Waals surface area contributed by atoms with E-state index in [1.165, 1.54) is 24.3 Å². The lowest BCUT2D eigenvalue weighted by molar-refractivity contribution is 0.0526. The molecule has 2 aromatic rings. The maximum absolute atomic E-state index is 12.4. The summed E-state index contributed by atoms with van der Waals surface area (Å²) in [6.07, 6.45) is 0.823. The van der Waals surface area contributed by atoms with E-state index in [-0.39, 0.29) is 11.5 Å². The van der Waals surface area contributed by atoms with Crippen LogP contribution in [0.25, 0.3) is 0 Å². The molecule has 1 N–H and O–H groups in total. The predicted octanol–water partition coefficient (Wildman–Crippen LogP) is 3.23. The van der Waals surface area contributed by atoms with Crippen molar-refractivity contribution in [3.8, 4) is 0 Å². The minimum absolute atomic E-state index is 0.0902. The lowest BCUT2D eigenvalue weighted by Crippen LogP contribution is -2.13.